The summed E-state index contributed by atoms with van der Waals surface area (Å²) in [5, 5.41) is 0. The molecule has 2 aromatic rings. The van der Waals surface area contributed by atoms with E-state index >= 15 is 0 Å². The number of hydrogen-bond donors (Lipinski definition) is 0. The Hall–Kier alpha value is -1.56. The second kappa shape index (κ2) is 4.29. The van der Waals surface area contributed by atoms with Crippen molar-refractivity contribution in [2.75, 3.05) is 0 Å². The molecule has 2 aromatic carbocycles. The van der Waals surface area contributed by atoms with E-state index in [4.69, 9.17) is 0 Å². The van der Waals surface area contributed by atoms with Gasteiger partial charge in [-0.2, -0.15) is 0 Å². The molecule has 0 aliphatic heterocycles. The van der Waals surface area contributed by atoms with Crippen LogP contribution in [-0.2, 0) is 16.2 Å². The number of hydrogen-bond acceptors (Lipinski definition) is 0. The molecule has 23 heavy (non-hydrogen) atoms. The highest BCUT2D eigenvalue weighted by Crippen LogP contribution is 2.62. The Morgan fingerprint density at radius 3 is 1.39 bits per heavy atom. The lowest BCUT2D eigenvalue weighted by molar-refractivity contribution is 0.349. The fourth-order valence-electron chi connectivity index (χ4n) is 5.56. The molecule has 0 atom stereocenters. The quantitative estimate of drug-likeness (QED) is 0.564. The van der Waals surface area contributed by atoms with Crippen molar-refractivity contribution in [1.82, 2.24) is 0 Å². The largest absolute Gasteiger partial charge is 0.0590 e. The van der Waals surface area contributed by atoms with Gasteiger partial charge in [0.05, 0.1) is 0 Å². The highest BCUT2D eigenvalue weighted by molar-refractivity contribution is 5.60. The van der Waals surface area contributed by atoms with Gasteiger partial charge in [-0.1, -0.05) is 75.2 Å². The van der Waals surface area contributed by atoms with Crippen LogP contribution in [0.2, 0.25) is 0 Å². The van der Waals surface area contributed by atoms with Crippen molar-refractivity contribution in [3.63, 3.8) is 0 Å². The van der Waals surface area contributed by atoms with Gasteiger partial charge >= 0.3 is 0 Å². The van der Waals surface area contributed by atoms with Gasteiger partial charge in [-0.05, 0) is 59.8 Å². The maximum atomic E-state index is 2.43. The standard InChI is InChI=1S/C23H28/c1-15-7-9-17-19(11-15)21(3,4)13-23(17)14-22(5,6)20-12-16(2)8-10-18(20)23/h7-12H,13-14H2,1-6H3. The molecule has 2 aliphatic rings. The van der Waals surface area contributed by atoms with Crippen LogP contribution in [0, 0.1) is 13.8 Å². The first-order valence-electron chi connectivity index (χ1n) is 8.89. The second-order valence-electron chi connectivity index (χ2n) is 9.30. The molecular weight excluding hydrogens is 276 g/mol. The van der Waals surface area contributed by atoms with E-state index in [0.717, 1.165) is 0 Å². The summed E-state index contributed by atoms with van der Waals surface area (Å²) in [6, 6.07) is 14.3. The molecule has 120 valence electrons. The first kappa shape index (κ1) is 15.0. The zero-order valence-electron chi connectivity index (χ0n) is 15.4. The van der Waals surface area contributed by atoms with Crippen LogP contribution in [-0.4, -0.2) is 0 Å². The van der Waals surface area contributed by atoms with E-state index in [2.05, 4.69) is 77.9 Å². The van der Waals surface area contributed by atoms with Crippen LogP contribution in [0.4, 0.5) is 0 Å². The number of aryl methyl sites for hydroxylation is 2. The summed E-state index contributed by atoms with van der Waals surface area (Å²) in [6.45, 7) is 14.2. The van der Waals surface area contributed by atoms with Gasteiger partial charge in [-0.15, -0.1) is 0 Å². The Bertz CT molecular complexity index is 735. The number of rotatable bonds is 0. The Morgan fingerprint density at radius 2 is 1.00 bits per heavy atom. The van der Waals surface area contributed by atoms with Gasteiger partial charge in [0.1, 0.15) is 0 Å². The van der Waals surface area contributed by atoms with E-state index in [1.165, 1.54) is 24.0 Å². The maximum absolute atomic E-state index is 2.43. The molecule has 0 fully saturated rings. The van der Waals surface area contributed by atoms with Crippen molar-refractivity contribution >= 4 is 0 Å². The van der Waals surface area contributed by atoms with Crippen molar-refractivity contribution < 1.29 is 0 Å². The zero-order valence-corrected chi connectivity index (χ0v) is 15.4. The summed E-state index contributed by atoms with van der Waals surface area (Å²) in [4.78, 5) is 0. The fourth-order valence-corrected chi connectivity index (χ4v) is 5.56. The fraction of sp³-hybridized carbons (Fsp3) is 0.478. The van der Waals surface area contributed by atoms with Gasteiger partial charge in [0.2, 0.25) is 0 Å². The predicted molar refractivity (Wildman–Crippen MR) is 98.4 cm³/mol. The van der Waals surface area contributed by atoms with Crippen LogP contribution >= 0.6 is 0 Å². The van der Waals surface area contributed by atoms with E-state index in [9.17, 15) is 0 Å². The summed E-state index contributed by atoms with van der Waals surface area (Å²) in [5.41, 5.74) is 9.80. The van der Waals surface area contributed by atoms with Crippen molar-refractivity contribution in [2.45, 2.75) is 70.6 Å². The Balaban J connectivity index is 2.03. The number of fused-ring (bicyclic) bond motifs is 4. The van der Waals surface area contributed by atoms with Crippen molar-refractivity contribution in [3.05, 3.63) is 69.8 Å². The molecule has 4 rings (SSSR count). The minimum Gasteiger partial charge on any atom is -0.0590 e. The summed E-state index contributed by atoms with van der Waals surface area (Å²) >= 11 is 0. The minimum absolute atomic E-state index is 0.207. The van der Waals surface area contributed by atoms with Gasteiger partial charge in [0.15, 0.2) is 0 Å². The lowest BCUT2D eigenvalue weighted by Crippen LogP contribution is -2.26. The van der Waals surface area contributed by atoms with Crippen molar-refractivity contribution in [3.8, 4) is 0 Å². The van der Waals surface area contributed by atoms with Gasteiger partial charge in [0, 0.05) is 5.41 Å². The second-order valence-corrected chi connectivity index (χ2v) is 9.30. The lowest BCUT2D eigenvalue weighted by atomic mass is 9.72. The third-order valence-electron chi connectivity index (χ3n) is 6.33. The third kappa shape index (κ3) is 1.90. The first-order chi connectivity index (χ1) is 10.7. The third-order valence-corrected chi connectivity index (χ3v) is 6.33. The highest BCUT2D eigenvalue weighted by Gasteiger charge is 2.55. The van der Waals surface area contributed by atoms with Gasteiger partial charge < -0.3 is 0 Å². The van der Waals surface area contributed by atoms with Crippen molar-refractivity contribution in [2.24, 2.45) is 0 Å². The molecular formula is C23H28. The Kier molecular flexibility index (Phi) is 2.80. The molecule has 0 heterocycles. The molecule has 0 N–H and O–H groups in total. The van der Waals surface area contributed by atoms with Crippen LogP contribution in [0.25, 0.3) is 0 Å². The predicted octanol–water partition coefficient (Wildman–Crippen LogP) is 5.95. The van der Waals surface area contributed by atoms with Crippen LogP contribution < -0.4 is 0 Å². The van der Waals surface area contributed by atoms with Gasteiger partial charge in [0.25, 0.3) is 0 Å². The summed E-state index contributed by atoms with van der Waals surface area (Å²) < 4.78 is 0. The van der Waals surface area contributed by atoms with Crippen LogP contribution in [0.15, 0.2) is 36.4 Å². The molecule has 0 saturated heterocycles. The Labute approximate surface area is 140 Å². The molecule has 0 amide bonds. The molecule has 0 saturated carbocycles. The molecule has 0 unspecified atom stereocenters. The molecule has 0 aromatic heterocycles. The molecule has 2 aliphatic carbocycles. The van der Waals surface area contributed by atoms with E-state index in [1.807, 2.05) is 0 Å². The highest BCUT2D eigenvalue weighted by atomic mass is 14.6. The van der Waals surface area contributed by atoms with Gasteiger partial charge in [-0.25, -0.2) is 0 Å². The molecule has 1 spiro atoms. The zero-order chi connectivity index (χ0) is 16.6. The molecule has 0 nitrogen and oxygen atoms in total. The van der Waals surface area contributed by atoms with Crippen LogP contribution in [0.3, 0.4) is 0 Å². The van der Waals surface area contributed by atoms with Crippen LogP contribution in [0.5, 0.6) is 0 Å². The van der Waals surface area contributed by atoms with Crippen LogP contribution in [0.1, 0.15) is 73.9 Å². The first-order valence-corrected chi connectivity index (χ1v) is 8.89. The smallest absolute Gasteiger partial charge is 0.0225 e. The summed E-state index contributed by atoms with van der Waals surface area (Å²) in [5.74, 6) is 0. The average molecular weight is 304 g/mol. The monoisotopic (exact) mass is 304 g/mol. The summed E-state index contributed by atoms with van der Waals surface area (Å²) in [6.07, 6.45) is 2.47. The van der Waals surface area contributed by atoms with E-state index in [-0.39, 0.29) is 16.2 Å². The van der Waals surface area contributed by atoms with E-state index < -0.39 is 0 Å². The van der Waals surface area contributed by atoms with E-state index in [0.29, 0.717) is 0 Å². The van der Waals surface area contributed by atoms with Gasteiger partial charge in [-0.3, -0.25) is 0 Å². The van der Waals surface area contributed by atoms with E-state index in [1.54, 1.807) is 22.3 Å². The SMILES string of the molecule is Cc1ccc2c(c1)C(C)(C)CC21CC(C)(C)c2cc(C)ccc21. The topological polar surface area (TPSA) is 0 Å². The maximum Gasteiger partial charge on any atom is 0.0225 e. The normalized spacial score (nSPS) is 22.2. The molecule has 0 heteroatoms. The molecule has 0 radical (unpaired) electrons. The van der Waals surface area contributed by atoms with Crippen molar-refractivity contribution in [1.29, 1.82) is 0 Å². The molecule has 0 bridgehead atoms. The number of benzene rings is 2. The lowest BCUT2D eigenvalue weighted by Gasteiger charge is -2.30. The average Bonchev–Trinajstić information content (AvgIpc) is 2.79. The Morgan fingerprint density at radius 1 is 0.609 bits per heavy atom. The summed E-state index contributed by atoms with van der Waals surface area (Å²) in [7, 11) is 0. The minimum atomic E-state index is 0.207.